The first-order chi connectivity index (χ1) is 5.90. The summed E-state index contributed by atoms with van der Waals surface area (Å²) >= 11 is 3.44. The van der Waals surface area contributed by atoms with Gasteiger partial charge in [0, 0.05) is 17.1 Å². The van der Waals surface area contributed by atoms with Crippen LogP contribution in [0.4, 0.5) is 0 Å². The number of aliphatic imine (C=N–C) groups is 1. The molecule has 0 bridgehead atoms. The van der Waals surface area contributed by atoms with Crippen LogP contribution >= 0.6 is 15.9 Å². The summed E-state index contributed by atoms with van der Waals surface area (Å²) in [5.41, 5.74) is 2.39. The molecular formula is C10H10BrN. The van der Waals surface area contributed by atoms with Gasteiger partial charge in [0.1, 0.15) is 0 Å². The minimum atomic E-state index is 0.562. The summed E-state index contributed by atoms with van der Waals surface area (Å²) in [5.74, 6) is 0.562. The highest BCUT2D eigenvalue weighted by Gasteiger charge is 2.12. The molecule has 0 fully saturated rings. The number of fused-ring (bicyclic) bond motifs is 1. The van der Waals surface area contributed by atoms with Crippen LogP contribution < -0.4 is 0 Å². The first kappa shape index (κ1) is 7.99. The van der Waals surface area contributed by atoms with E-state index in [1.165, 1.54) is 5.57 Å². The molecule has 1 unspecified atom stereocenters. The molecule has 1 atom stereocenters. The lowest BCUT2D eigenvalue weighted by Gasteiger charge is -2.12. The third-order valence-electron chi connectivity index (χ3n) is 2.10. The number of halogens is 1. The molecule has 0 N–H and O–H groups in total. The van der Waals surface area contributed by atoms with Crippen molar-refractivity contribution in [2.24, 2.45) is 10.9 Å². The molecule has 2 heteroatoms. The summed E-state index contributed by atoms with van der Waals surface area (Å²) < 4.78 is 0. The molecular weight excluding hydrogens is 214 g/mol. The van der Waals surface area contributed by atoms with Crippen LogP contribution in [-0.4, -0.2) is 11.5 Å². The Balaban J connectivity index is 2.16. The van der Waals surface area contributed by atoms with Gasteiger partial charge in [0.25, 0.3) is 0 Å². The van der Waals surface area contributed by atoms with Gasteiger partial charge in [0.2, 0.25) is 0 Å². The fourth-order valence-electron chi connectivity index (χ4n) is 1.43. The van der Waals surface area contributed by atoms with Crippen molar-refractivity contribution in [1.29, 1.82) is 0 Å². The van der Waals surface area contributed by atoms with E-state index >= 15 is 0 Å². The van der Waals surface area contributed by atoms with E-state index in [0.717, 1.165) is 17.4 Å². The summed E-state index contributed by atoms with van der Waals surface area (Å²) in [5, 5.41) is 1.05. The lowest BCUT2D eigenvalue weighted by molar-refractivity contribution is 0.773. The molecule has 2 aliphatic rings. The smallest absolute Gasteiger partial charge is 0.0668 e. The highest BCUT2D eigenvalue weighted by atomic mass is 79.9. The van der Waals surface area contributed by atoms with Crippen molar-refractivity contribution in [3.63, 3.8) is 0 Å². The van der Waals surface area contributed by atoms with E-state index in [4.69, 9.17) is 0 Å². The van der Waals surface area contributed by atoms with Gasteiger partial charge >= 0.3 is 0 Å². The molecule has 0 amide bonds. The molecule has 0 radical (unpaired) electrons. The quantitative estimate of drug-likeness (QED) is 0.639. The predicted molar refractivity (Wildman–Crippen MR) is 55.7 cm³/mol. The van der Waals surface area contributed by atoms with Crippen molar-refractivity contribution >= 4 is 22.1 Å². The third-order valence-corrected chi connectivity index (χ3v) is 2.56. The van der Waals surface area contributed by atoms with Crippen molar-refractivity contribution in [2.45, 2.75) is 6.42 Å². The van der Waals surface area contributed by atoms with E-state index in [1.807, 2.05) is 12.3 Å². The zero-order chi connectivity index (χ0) is 8.39. The number of allylic oxidation sites excluding steroid dienone is 4. The monoisotopic (exact) mass is 223 g/mol. The lowest BCUT2D eigenvalue weighted by atomic mass is 9.96. The van der Waals surface area contributed by atoms with Crippen LogP contribution in [0.25, 0.3) is 0 Å². The van der Waals surface area contributed by atoms with Crippen molar-refractivity contribution in [3.05, 3.63) is 35.6 Å². The van der Waals surface area contributed by atoms with E-state index in [2.05, 4.69) is 39.2 Å². The second-order valence-electron chi connectivity index (χ2n) is 2.95. The van der Waals surface area contributed by atoms with E-state index in [-0.39, 0.29) is 0 Å². The highest BCUT2D eigenvalue weighted by Crippen LogP contribution is 2.26. The summed E-state index contributed by atoms with van der Waals surface area (Å²) in [6, 6.07) is 0. The van der Waals surface area contributed by atoms with E-state index in [0.29, 0.717) is 5.92 Å². The summed E-state index contributed by atoms with van der Waals surface area (Å²) in [6.45, 7) is 0. The van der Waals surface area contributed by atoms with Crippen LogP contribution in [0.2, 0.25) is 0 Å². The molecule has 1 heterocycles. The molecule has 2 rings (SSSR count). The fraction of sp³-hybridized carbons (Fsp3) is 0.300. The Labute approximate surface area is 80.7 Å². The number of hydrogen-bond donors (Lipinski definition) is 0. The molecule has 0 aromatic carbocycles. The SMILES string of the molecule is BrCCC1C=CC2=CC=NC2=C1. The van der Waals surface area contributed by atoms with Crippen LogP contribution in [0.1, 0.15) is 6.42 Å². The Morgan fingerprint density at radius 1 is 1.50 bits per heavy atom. The average Bonchev–Trinajstić information content (AvgIpc) is 2.51. The number of hydrogen-bond acceptors (Lipinski definition) is 1. The van der Waals surface area contributed by atoms with Crippen LogP contribution in [0, 0.1) is 5.92 Å². The molecule has 1 nitrogen and oxygen atoms in total. The van der Waals surface area contributed by atoms with Gasteiger partial charge in [-0.1, -0.05) is 34.2 Å². The second kappa shape index (κ2) is 3.40. The molecule has 1 aliphatic heterocycles. The predicted octanol–water partition coefficient (Wildman–Crippen LogP) is 2.85. The highest BCUT2D eigenvalue weighted by molar-refractivity contribution is 9.09. The van der Waals surface area contributed by atoms with Crippen LogP contribution in [0.3, 0.4) is 0 Å². The Morgan fingerprint density at radius 3 is 3.25 bits per heavy atom. The van der Waals surface area contributed by atoms with E-state index in [9.17, 15) is 0 Å². The molecule has 0 saturated heterocycles. The normalized spacial score (nSPS) is 25.2. The summed E-state index contributed by atoms with van der Waals surface area (Å²) in [4.78, 5) is 4.27. The number of rotatable bonds is 2. The Morgan fingerprint density at radius 2 is 2.42 bits per heavy atom. The molecule has 62 valence electrons. The molecule has 0 aromatic rings. The minimum Gasteiger partial charge on any atom is -0.257 e. The first-order valence-electron chi connectivity index (χ1n) is 4.11. The maximum Gasteiger partial charge on any atom is 0.0668 e. The van der Waals surface area contributed by atoms with E-state index < -0.39 is 0 Å². The van der Waals surface area contributed by atoms with Crippen LogP contribution in [-0.2, 0) is 0 Å². The van der Waals surface area contributed by atoms with Gasteiger partial charge < -0.3 is 0 Å². The third kappa shape index (κ3) is 1.44. The number of alkyl halides is 1. The largest absolute Gasteiger partial charge is 0.257 e. The van der Waals surface area contributed by atoms with Crippen molar-refractivity contribution in [3.8, 4) is 0 Å². The topological polar surface area (TPSA) is 12.4 Å². The van der Waals surface area contributed by atoms with Gasteiger partial charge in [-0.2, -0.15) is 0 Å². The Hall–Kier alpha value is -0.630. The van der Waals surface area contributed by atoms with Crippen LogP contribution in [0.15, 0.2) is 40.6 Å². The van der Waals surface area contributed by atoms with Gasteiger partial charge in [-0.15, -0.1) is 0 Å². The number of nitrogens with zero attached hydrogens (tertiary/aromatic N) is 1. The van der Waals surface area contributed by atoms with Crippen molar-refractivity contribution in [2.75, 3.05) is 5.33 Å². The van der Waals surface area contributed by atoms with Gasteiger partial charge in [-0.25, -0.2) is 0 Å². The van der Waals surface area contributed by atoms with Crippen LogP contribution in [0.5, 0.6) is 0 Å². The Kier molecular flexibility index (Phi) is 2.26. The van der Waals surface area contributed by atoms with Crippen molar-refractivity contribution in [1.82, 2.24) is 0 Å². The summed E-state index contributed by atoms with van der Waals surface area (Å²) in [7, 11) is 0. The molecule has 0 spiro atoms. The fourth-order valence-corrected chi connectivity index (χ4v) is 1.96. The van der Waals surface area contributed by atoms with Gasteiger partial charge in [-0.05, 0) is 18.4 Å². The minimum absolute atomic E-state index is 0.562. The lowest BCUT2D eigenvalue weighted by Crippen LogP contribution is -1.99. The van der Waals surface area contributed by atoms with Gasteiger partial charge in [0.15, 0.2) is 0 Å². The first-order valence-corrected chi connectivity index (χ1v) is 5.23. The molecule has 0 aromatic heterocycles. The Bertz CT molecular complexity index is 297. The maximum absolute atomic E-state index is 4.27. The molecule has 1 aliphatic carbocycles. The van der Waals surface area contributed by atoms with E-state index in [1.54, 1.807) is 0 Å². The zero-order valence-electron chi connectivity index (χ0n) is 6.70. The van der Waals surface area contributed by atoms with Gasteiger partial charge in [-0.3, -0.25) is 4.99 Å². The maximum atomic E-state index is 4.27. The zero-order valence-corrected chi connectivity index (χ0v) is 8.29. The average molecular weight is 224 g/mol. The van der Waals surface area contributed by atoms with Gasteiger partial charge in [0.05, 0.1) is 5.70 Å². The molecule has 12 heavy (non-hydrogen) atoms. The standard InChI is InChI=1S/C10H10BrN/c11-5-3-8-1-2-9-4-6-12-10(9)7-8/h1-2,4,6-8H,3,5H2. The molecule has 0 saturated carbocycles. The summed E-state index contributed by atoms with van der Waals surface area (Å²) in [6.07, 6.45) is 11.7. The van der Waals surface area contributed by atoms with Crippen molar-refractivity contribution < 1.29 is 0 Å². The second-order valence-corrected chi connectivity index (χ2v) is 3.75.